The molecule has 3 nitrogen and oxygen atoms in total. The van der Waals surface area contributed by atoms with E-state index in [4.69, 9.17) is 17.3 Å². The summed E-state index contributed by atoms with van der Waals surface area (Å²) in [7, 11) is 0. The zero-order chi connectivity index (χ0) is 11.5. The van der Waals surface area contributed by atoms with Gasteiger partial charge in [0, 0.05) is 28.7 Å². The Morgan fingerprint density at radius 3 is 2.94 bits per heavy atom. The molecule has 0 saturated carbocycles. The highest BCUT2D eigenvalue weighted by molar-refractivity contribution is 6.31. The van der Waals surface area contributed by atoms with Gasteiger partial charge in [0.15, 0.2) is 0 Å². The predicted octanol–water partition coefficient (Wildman–Crippen LogP) is 2.31. The monoisotopic (exact) mass is 234 g/mol. The Bertz CT molecular complexity index is 540. The molecular weight excluding hydrogens is 224 g/mol. The number of rotatable bonds is 3. The third kappa shape index (κ3) is 2.31. The second-order valence-corrected chi connectivity index (χ2v) is 4.03. The van der Waals surface area contributed by atoms with Gasteiger partial charge in [-0.2, -0.15) is 0 Å². The summed E-state index contributed by atoms with van der Waals surface area (Å²) in [6.07, 6.45) is 2.60. The van der Waals surface area contributed by atoms with Crippen molar-refractivity contribution in [3.8, 4) is 0 Å². The summed E-state index contributed by atoms with van der Waals surface area (Å²) in [5.41, 5.74) is 6.00. The van der Waals surface area contributed by atoms with Crippen LogP contribution in [0.5, 0.6) is 0 Å². The van der Waals surface area contributed by atoms with Gasteiger partial charge < -0.3 is 5.73 Å². The van der Waals surface area contributed by atoms with Crippen LogP contribution >= 0.6 is 11.6 Å². The van der Waals surface area contributed by atoms with Crippen LogP contribution in [0.25, 0.3) is 10.8 Å². The van der Waals surface area contributed by atoms with Gasteiger partial charge in [-0.3, -0.25) is 9.78 Å². The average Bonchev–Trinajstić information content (AvgIpc) is 2.25. The minimum atomic E-state index is -0.312. The molecule has 2 N–H and O–H groups in total. The van der Waals surface area contributed by atoms with Crippen LogP contribution in [0.2, 0.25) is 5.02 Å². The molecule has 16 heavy (non-hydrogen) atoms. The van der Waals surface area contributed by atoms with Crippen LogP contribution in [0.1, 0.15) is 12.1 Å². The van der Waals surface area contributed by atoms with Crippen molar-refractivity contribution in [3.63, 3.8) is 0 Å². The maximum Gasteiger partial charge on any atom is 0.217 e. The molecule has 1 aromatic carbocycles. The molecule has 0 aliphatic rings. The molecule has 4 heteroatoms. The lowest BCUT2D eigenvalue weighted by atomic mass is 10.1. The van der Waals surface area contributed by atoms with Gasteiger partial charge in [-0.15, -0.1) is 0 Å². The first-order valence-electron chi connectivity index (χ1n) is 4.98. The van der Waals surface area contributed by atoms with E-state index < -0.39 is 0 Å². The number of pyridine rings is 1. The number of amides is 1. The average molecular weight is 235 g/mol. The number of nitrogens with two attached hydrogens (primary N) is 1. The first kappa shape index (κ1) is 10.9. The fourth-order valence-corrected chi connectivity index (χ4v) is 1.83. The number of halogens is 1. The fourth-order valence-electron chi connectivity index (χ4n) is 1.65. The van der Waals surface area contributed by atoms with Crippen molar-refractivity contribution < 1.29 is 4.79 Å². The van der Waals surface area contributed by atoms with Gasteiger partial charge >= 0.3 is 0 Å². The third-order valence-corrected chi connectivity index (χ3v) is 2.65. The number of fused-ring (bicyclic) bond motifs is 1. The summed E-state index contributed by atoms with van der Waals surface area (Å²) in [5.74, 6) is -0.312. The summed E-state index contributed by atoms with van der Waals surface area (Å²) in [6.45, 7) is 0. The predicted molar refractivity (Wildman–Crippen MR) is 64.3 cm³/mol. The number of benzene rings is 1. The summed E-state index contributed by atoms with van der Waals surface area (Å²) in [5, 5.41) is 2.75. The smallest absolute Gasteiger partial charge is 0.217 e. The zero-order valence-corrected chi connectivity index (χ0v) is 9.37. The summed E-state index contributed by atoms with van der Waals surface area (Å²) in [6, 6.07) is 7.52. The Morgan fingerprint density at radius 1 is 1.38 bits per heavy atom. The normalized spacial score (nSPS) is 10.6. The van der Waals surface area contributed by atoms with Crippen LogP contribution in [0.15, 0.2) is 30.5 Å². The summed E-state index contributed by atoms with van der Waals surface area (Å²) < 4.78 is 0. The largest absolute Gasteiger partial charge is 0.370 e. The molecule has 0 aliphatic carbocycles. The van der Waals surface area contributed by atoms with Gasteiger partial charge in [0.05, 0.1) is 0 Å². The molecule has 0 radical (unpaired) electrons. The van der Waals surface area contributed by atoms with Gasteiger partial charge in [0.25, 0.3) is 0 Å². The van der Waals surface area contributed by atoms with Crippen LogP contribution in [-0.2, 0) is 11.2 Å². The maximum absolute atomic E-state index is 10.7. The number of aromatic nitrogens is 1. The van der Waals surface area contributed by atoms with E-state index in [2.05, 4.69) is 4.98 Å². The first-order chi connectivity index (χ1) is 7.66. The minimum Gasteiger partial charge on any atom is -0.370 e. The van der Waals surface area contributed by atoms with E-state index in [1.807, 2.05) is 24.3 Å². The molecule has 0 fully saturated rings. The Hall–Kier alpha value is -1.61. The highest BCUT2D eigenvalue weighted by Crippen LogP contribution is 2.21. The molecule has 0 bridgehead atoms. The molecule has 0 unspecified atom stereocenters. The Morgan fingerprint density at radius 2 is 2.19 bits per heavy atom. The highest BCUT2D eigenvalue weighted by atomic mass is 35.5. The van der Waals surface area contributed by atoms with E-state index in [1.165, 1.54) is 0 Å². The molecule has 0 aliphatic heterocycles. The fraction of sp³-hybridized carbons (Fsp3) is 0.167. The lowest BCUT2D eigenvalue weighted by molar-refractivity contribution is -0.117. The third-order valence-electron chi connectivity index (χ3n) is 2.42. The summed E-state index contributed by atoms with van der Waals surface area (Å²) in [4.78, 5) is 15.0. The molecule has 1 heterocycles. The zero-order valence-electron chi connectivity index (χ0n) is 8.61. The van der Waals surface area contributed by atoms with Crippen molar-refractivity contribution in [2.75, 3.05) is 0 Å². The van der Waals surface area contributed by atoms with Crippen molar-refractivity contribution in [1.29, 1.82) is 0 Å². The van der Waals surface area contributed by atoms with E-state index in [0.717, 1.165) is 16.5 Å². The maximum atomic E-state index is 10.7. The van der Waals surface area contributed by atoms with Crippen LogP contribution in [-0.4, -0.2) is 10.9 Å². The van der Waals surface area contributed by atoms with Gasteiger partial charge in [-0.1, -0.05) is 17.7 Å². The lowest BCUT2D eigenvalue weighted by Crippen LogP contribution is -2.11. The molecule has 2 rings (SSSR count). The van der Waals surface area contributed by atoms with Crippen molar-refractivity contribution in [1.82, 2.24) is 4.98 Å². The first-order valence-corrected chi connectivity index (χ1v) is 5.36. The molecule has 1 amide bonds. The molecule has 0 saturated heterocycles. The number of hydrogen-bond acceptors (Lipinski definition) is 2. The minimum absolute atomic E-state index is 0.312. The van der Waals surface area contributed by atoms with Gasteiger partial charge in [-0.05, 0) is 30.0 Å². The van der Waals surface area contributed by atoms with Gasteiger partial charge in [0.1, 0.15) is 0 Å². The van der Waals surface area contributed by atoms with Crippen molar-refractivity contribution in [2.24, 2.45) is 5.73 Å². The second kappa shape index (κ2) is 4.49. The highest BCUT2D eigenvalue weighted by Gasteiger charge is 2.04. The Kier molecular flexibility index (Phi) is 3.06. The Labute approximate surface area is 98.2 Å². The van der Waals surface area contributed by atoms with Crippen LogP contribution in [0.4, 0.5) is 0 Å². The van der Waals surface area contributed by atoms with Crippen molar-refractivity contribution in [3.05, 3.63) is 41.2 Å². The van der Waals surface area contributed by atoms with Gasteiger partial charge in [-0.25, -0.2) is 0 Å². The number of carbonyl (C=O) groups excluding carboxylic acids is 1. The van der Waals surface area contributed by atoms with E-state index in [0.29, 0.717) is 17.9 Å². The van der Waals surface area contributed by atoms with Crippen LogP contribution in [0, 0.1) is 0 Å². The molecule has 2 aromatic rings. The van der Waals surface area contributed by atoms with Crippen molar-refractivity contribution in [2.45, 2.75) is 12.8 Å². The van der Waals surface area contributed by atoms with E-state index in [-0.39, 0.29) is 5.91 Å². The molecular formula is C12H11ClN2O. The molecule has 1 aromatic heterocycles. The molecule has 0 atom stereocenters. The van der Waals surface area contributed by atoms with Crippen LogP contribution in [0.3, 0.4) is 0 Å². The topological polar surface area (TPSA) is 56.0 Å². The standard InChI is InChI=1S/C12H11ClN2O/c13-9-1-2-10-8(7-9)5-6-15-11(10)3-4-12(14)16/h1-2,5-7H,3-4H2,(H2,14,16). The van der Waals surface area contributed by atoms with E-state index in [1.54, 1.807) is 6.20 Å². The molecule has 0 spiro atoms. The summed E-state index contributed by atoms with van der Waals surface area (Å²) >= 11 is 5.90. The Balaban J connectivity index is 2.41. The number of hydrogen-bond donors (Lipinski definition) is 1. The van der Waals surface area contributed by atoms with Gasteiger partial charge in [0.2, 0.25) is 5.91 Å². The number of nitrogens with zero attached hydrogens (tertiary/aromatic N) is 1. The lowest BCUT2D eigenvalue weighted by Gasteiger charge is -2.04. The van der Waals surface area contributed by atoms with E-state index >= 15 is 0 Å². The number of aryl methyl sites for hydroxylation is 1. The number of carbonyl (C=O) groups is 1. The second-order valence-electron chi connectivity index (χ2n) is 3.59. The SMILES string of the molecule is NC(=O)CCc1nccc2cc(Cl)ccc12. The quantitative estimate of drug-likeness (QED) is 0.886. The van der Waals surface area contributed by atoms with E-state index in [9.17, 15) is 4.79 Å². The molecule has 82 valence electrons. The van der Waals surface area contributed by atoms with Crippen molar-refractivity contribution >= 4 is 28.3 Å². The number of primary amides is 1. The van der Waals surface area contributed by atoms with Crippen LogP contribution < -0.4 is 5.73 Å².